The molecule has 4 rings (SSSR count). The summed E-state index contributed by atoms with van der Waals surface area (Å²) < 4.78 is 1.26. The minimum atomic E-state index is -1.21. The molecule has 1 unspecified atom stereocenters. The molecule has 1 saturated heterocycles. The van der Waals surface area contributed by atoms with Gasteiger partial charge in [-0.1, -0.05) is 35.0 Å². The van der Waals surface area contributed by atoms with Crippen molar-refractivity contribution >= 4 is 81.4 Å². The highest BCUT2D eigenvalue weighted by molar-refractivity contribution is 8.01. The molecule has 168 valence electrons. The number of carboxylic acid groups (broad SMARTS) is 1. The molecule has 4 heterocycles. The zero-order valence-electron chi connectivity index (χ0n) is 16.2. The van der Waals surface area contributed by atoms with Crippen molar-refractivity contribution in [1.29, 1.82) is 0 Å². The number of aryl methyl sites for hydroxylation is 1. The first-order valence-corrected chi connectivity index (χ1v) is 12.7. The third-order valence-corrected chi connectivity index (χ3v) is 8.22. The maximum absolute atomic E-state index is 12.8. The summed E-state index contributed by atoms with van der Waals surface area (Å²) in [6.07, 6.45) is 0. The van der Waals surface area contributed by atoms with Crippen molar-refractivity contribution in [2.24, 2.45) is 7.05 Å². The average Bonchev–Trinajstić information content (AvgIpc) is 3.41. The number of thiophene rings is 1. The summed E-state index contributed by atoms with van der Waals surface area (Å²) in [5.74, 6) is -1.62. The van der Waals surface area contributed by atoms with Crippen LogP contribution in [0.2, 0.25) is 0 Å². The van der Waals surface area contributed by atoms with Crippen molar-refractivity contribution in [1.82, 2.24) is 30.4 Å². The number of aliphatic carboxylic acids is 1. The molecule has 32 heavy (non-hydrogen) atoms. The molecule has 2 aromatic rings. The van der Waals surface area contributed by atoms with E-state index in [1.54, 1.807) is 23.9 Å². The number of carbonyl (C=O) groups excluding carboxylic acids is 2. The second-order valence-corrected chi connectivity index (χ2v) is 10.4. The monoisotopic (exact) mass is 532 g/mol. The van der Waals surface area contributed by atoms with Crippen molar-refractivity contribution in [3.63, 3.8) is 0 Å². The van der Waals surface area contributed by atoms with E-state index in [1.807, 2.05) is 0 Å². The number of hydrogen-bond donors (Lipinski definition) is 2. The van der Waals surface area contributed by atoms with Crippen LogP contribution >= 0.6 is 58.1 Å². The molecule has 2 aromatic heterocycles. The SMILES string of the molecule is Cn1nnnc1SCC1=C(C(=O)O)N2C(=O)C(NC(=O)C(=C(Cl)Cl)c3ccsc3)[C@H]2SC1. The van der Waals surface area contributed by atoms with Crippen LogP contribution in [-0.4, -0.2) is 70.9 Å². The van der Waals surface area contributed by atoms with Gasteiger partial charge in [-0.15, -0.1) is 16.9 Å². The Labute approximate surface area is 204 Å². The molecule has 15 heteroatoms. The minimum Gasteiger partial charge on any atom is -0.477 e. The lowest BCUT2D eigenvalue weighted by Crippen LogP contribution is -2.70. The Balaban J connectivity index is 1.51. The van der Waals surface area contributed by atoms with Crippen molar-refractivity contribution in [2.45, 2.75) is 16.6 Å². The van der Waals surface area contributed by atoms with Crippen LogP contribution in [-0.2, 0) is 21.4 Å². The number of carboxylic acids is 1. The summed E-state index contributed by atoms with van der Waals surface area (Å²) in [5.41, 5.74) is 1.10. The number of amides is 2. The highest BCUT2D eigenvalue weighted by atomic mass is 35.5. The van der Waals surface area contributed by atoms with Gasteiger partial charge in [-0.2, -0.15) is 11.3 Å². The average molecular weight is 533 g/mol. The zero-order valence-corrected chi connectivity index (χ0v) is 20.2. The largest absolute Gasteiger partial charge is 0.477 e. The Hall–Kier alpha value is -2.06. The second kappa shape index (κ2) is 9.43. The van der Waals surface area contributed by atoms with Crippen molar-refractivity contribution in [3.05, 3.63) is 38.2 Å². The van der Waals surface area contributed by atoms with Gasteiger partial charge in [0.25, 0.3) is 11.8 Å². The number of carbonyl (C=O) groups is 3. The van der Waals surface area contributed by atoms with Crippen LogP contribution in [0.15, 0.2) is 37.7 Å². The smallest absolute Gasteiger partial charge is 0.352 e. The molecule has 0 aromatic carbocycles. The second-order valence-electron chi connectivity index (χ2n) is 6.64. The fraction of sp³-hybridized carbons (Fsp3) is 0.294. The van der Waals surface area contributed by atoms with Crippen LogP contribution < -0.4 is 5.32 Å². The summed E-state index contributed by atoms with van der Waals surface area (Å²) >= 11 is 15.8. The molecule has 0 aliphatic carbocycles. The van der Waals surface area contributed by atoms with Crippen LogP contribution in [0.1, 0.15) is 5.56 Å². The Bertz CT molecular complexity index is 1150. The van der Waals surface area contributed by atoms with Crippen LogP contribution in [0.25, 0.3) is 5.57 Å². The Morgan fingerprint density at radius 1 is 1.41 bits per heavy atom. The highest BCUT2D eigenvalue weighted by Gasteiger charge is 2.54. The van der Waals surface area contributed by atoms with Gasteiger partial charge in [0.05, 0.1) is 5.57 Å². The first kappa shape index (κ1) is 23.1. The fourth-order valence-electron chi connectivity index (χ4n) is 3.24. The van der Waals surface area contributed by atoms with Gasteiger partial charge in [-0.25, -0.2) is 9.48 Å². The molecule has 2 N–H and O–H groups in total. The van der Waals surface area contributed by atoms with Crippen molar-refractivity contribution in [3.8, 4) is 0 Å². The van der Waals surface area contributed by atoms with E-state index in [2.05, 4.69) is 20.8 Å². The maximum atomic E-state index is 12.8. The van der Waals surface area contributed by atoms with Crippen LogP contribution in [0, 0.1) is 0 Å². The standard InChI is InChI=1S/C17H14Cl2N6O4S3/c1-24-17(21-22-23-24)32-6-8-5-31-15-10(14(27)25(15)11(8)16(28)29)20-13(26)9(12(18)19)7-2-3-30-4-7/h2-4,10,15H,5-6H2,1H3,(H,20,26)(H,28,29)/t10?,15-/m1/s1. The number of tetrazole rings is 1. The van der Waals surface area contributed by atoms with Gasteiger partial charge >= 0.3 is 5.97 Å². The molecule has 2 amide bonds. The number of thioether (sulfide) groups is 2. The molecule has 0 bridgehead atoms. The number of halogens is 2. The predicted octanol–water partition coefficient (Wildman–Crippen LogP) is 1.95. The summed E-state index contributed by atoms with van der Waals surface area (Å²) in [5, 5.41) is 27.0. The van der Waals surface area contributed by atoms with E-state index in [0.29, 0.717) is 27.8 Å². The molecule has 2 atom stereocenters. The highest BCUT2D eigenvalue weighted by Crippen LogP contribution is 2.41. The van der Waals surface area contributed by atoms with E-state index in [-0.39, 0.29) is 15.8 Å². The Morgan fingerprint density at radius 3 is 2.78 bits per heavy atom. The number of aromatic nitrogens is 4. The van der Waals surface area contributed by atoms with Gasteiger partial charge in [-0.3, -0.25) is 14.5 Å². The molecule has 2 aliphatic heterocycles. The predicted molar refractivity (Wildman–Crippen MR) is 122 cm³/mol. The normalized spacial score (nSPS) is 20.0. The van der Waals surface area contributed by atoms with Crippen LogP contribution in [0.5, 0.6) is 0 Å². The third kappa shape index (κ3) is 4.27. The molecular weight excluding hydrogens is 519 g/mol. The van der Waals surface area contributed by atoms with Crippen molar-refractivity contribution in [2.75, 3.05) is 11.5 Å². The Kier molecular flexibility index (Phi) is 6.81. The Morgan fingerprint density at radius 2 is 2.19 bits per heavy atom. The van der Waals surface area contributed by atoms with Gasteiger partial charge in [0.1, 0.15) is 21.6 Å². The number of nitrogens with one attached hydrogen (secondary N) is 1. The van der Waals surface area contributed by atoms with E-state index in [0.717, 1.165) is 0 Å². The molecule has 1 fully saturated rings. The molecule has 2 aliphatic rings. The van der Waals surface area contributed by atoms with Gasteiger partial charge in [-0.05, 0) is 32.8 Å². The zero-order chi connectivity index (χ0) is 23.0. The van der Waals surface area contributed by atoms with Gasteiger partial charge in [0, 0.05) is 24.1 Å². The number of hydrogen-bond acceptors (Lipinski definition) is 9. The molecule has 0 spiro atoms. The quantitative estimate of drug-likeness (QED) is 0.312. The summed E-state index contributed by atoms with van der Waals surface area (Å²) in [6, 6.07) is 0.802. The third-order valence-electron chi connectivity index (χ3n) is 4.72. The van der Waals surface area contributed by atoms with E-state index < -0.39 is 29.2 Å². The van der Waals surface area contributed by atoms with Crippen LogP contribution in [0.4, 0.5) is 0 Å². The van der Waals surface area contributed by atoms with Crippen molar-refractivity contribution < 1.29 is 19.5 Å². The van der Waals surface area contributed by atoms with Crippen LogP contribution in [0.3, 0.4) is 0 Å². The van der Waals surface area contributed by atoms with E-state index in [4.69, 9.17) is 23.2 Å². The molecule has 10 nitrogen and oxygen atoms in total. The lowest BCUT2D eigenvalue weighted by atomic mass is 10.0. The lowest BCUT2D eigenvalue weighted by molar-refractivity contribution is -0.150. The van der Waals surface area contributed by atoms with E-state index >= 15 is 0 Å². The molecule has 0 radical (unpaired) electrons. The summed E-state index contributed by atoms with van der Waals surface area (Å²) in [7, 11) is 1.68. The maximum Gasteiger partial charge on any atom is 0.352 e. The molecule has 0 saturated carbocycles. The van der Waals surface area contributed by atoms with Gasteiger partial charge in [0.2, 0.25) is 5.16 Å². The number of β-lactam (4-membered cyclic amide) rings is 1. The number of fused-ring (bicyclic) bond motifs is 1. The van der Waals surface area contributed by atoms with Gasteiger partial charge in [0.15, 0.2) is 0 Å². The first-order valence-electron chi connectivity index (χ1n) is 8.93. The van der Waals surface area contributed by atoms with Gasteiger partial charge < -0.3 is 10.4 Å². The summed E-state index contributed by atoms with van der Waals surface area (Å²) in [4.78, 5) is 38.8. The molecular formula is C17H14Cl2N6O4S3. The fourth-order valence-corrected chi connectivity index (χ4v) is 6.61. The lowest BCUT2D eigenvalue weighted by Gasteiger charge is -2.49. The van der Waals surface area contributed by atoms with E-state index in [1.165, 1.54) is 44.4 Å². The van der Waals surface area contributed by atoms with E-state index in [9.17, 15) is 19.5 Å². The summed E-state index contributed by atoms with van der Waals surface area (Å²) in [6.45, 7) is 0. The minimum absolute atomic E-state index is 0.0602. The first-order chi connectivity index (χ1) is 15.3. The number of nitrogens with zero attached hydrogens (tertiary/aromatic N) is 5. The topological polar surface area (TPSA) is 130 Å². The number of rotatable bonds is 7.